The van der Waals surface area contributed by atoms with Crippen LogP contribution < -0.4 is 0 Å². The smallest absolute Gasteiger partial charge is 0.0557 e. The molecule has 0 radical (unpaired) electrons. The van der Waals surface area contributed by atoms with Gasteiger partial charge >= 0.3 is 0 Å². The molecule has 1 aliphatic carbocycles. The lowest BCUT2D eigenvalue weighted by atomic mass is 10.1. The molecule has 0 spiro atoms. The summed E-state index contributed by atoms with van der Waals surface area (Å²) in [6.45, 7) is 4.19. The molecule has 0 amide bonds. The Morgan fingerprint density at radius 2 is 2.58 bits per heavy atom. The van der Waals surface area contributed by atoms with Crippen LogP contribution in [0.4, 0.5) is 0 Å². The van der Waals surface area contributed by atoms with Gasteiger partial charge in [0.25, 0.3) is 0 Å². The summed E-state index contributed by atoms with van der Waals surface area (Å²) < 4.78 is 5.76. The van der Waals surface area contributed by atoms with Gasteiger partial charge in [-0.15, -0.1) is 0 Å². The third kappa shape index (κ3) is 2.39. The van der Waals surface area contributed by atoms with E-state index in [4.69, 9.17) is 4.18 Å². The molecule has 1 unspecified atom stereocenters. The molecular formula is C10H17OS-. The molecule has 0 aromatic rings. The van der Waals surface area contributed by atoms with E-state index in [9.17, 15) is 0 Å². The molecule has 12 heavy (non-hydrogen) atoms. The van der Waals surface area contributed by atoms with Crippen molar-refractivity contribution in [3.8, 4) is 0 Å². The Kier molecular flexibility index (Phi) is 3.89. The maximum Gasteiger partial charge on any atom is 0.0557 e. The zero-order chi connectivity index (χ0) is 8.97. The van der Waals surface area contributed by atoms with Gasteiger partial charge in [-0.1, -0.05) is 19.9 Å². The van der Waals surface area contributed by atoms with Crippen molar-refractivity contribution in [3.05, 3.63) is 11.6 Å². The summed E-state index contributed by atoms with van der Waals surface area (Å²) in [5.41, 5.74) is 1.46. The van der Waals surface area contributed by atoms with E-state index in [-0.39, 0.29) is 10.4 Å². The first-order valence-electron chi connectivity index (χ1n) is 4.46. The fourth-order valence-corrected chi connectivity index (χ4v) is 2.05. The molecule has 0 aliphatic heterocycles. The van der Waals surface area contributed by atoms with E-state index < -0.39 is 0 Å². The molecule has 1 aliphatic rings. The molecule has 1 nitrogen and oxygen atoms in total. The highest BCUT2D eigenvalue weighted by molar-refractivity contribution is 7.88. The maximum absolute atomic E-state index is 5.76. The Bertz CT molecular complexity index is 247. The van der Waals surface area contributed by atoms with Gasteiger partial charge in [0.15, 0.2) is 0 Å². The van der Waals surface area contributed by atoms with Crippen LogP contribution in [0.15, 0.2) is 11.6 Å². The average Bonchev–Trinajstić information content (AvgIpc) is 2.51. The highest BCUT2D eigenvalue weighted by Crippen LogP contribution is 2.24. The van der Waals surface area contributed by atoms with Gasteiger partial charge in [-0.05, 0) is 24.8 Å². The van der Waals surface area contributed by atoms with Gasteiger partial charge in [-0.25, -0.2) is 5.87 Å². The van der Waals surface area contributed by atoms with Crippen LogP contribution in [0.2, 0.25) is 0 Å². The van der Waals surface area contributed by atoms with Crippen LogP contribution in [0.3, 0.4) is 0 Å². The third-order valence-corrected chi connectivity index (χ3v) is 3.17. The van der Waals surface area contributed by atoms with Gasteiger partial charge in [-0.2, -0.15) is 5.37 Å². The molecule has 0 saturated heterocycles. The zero-order valence-corrected chi connectivity index (χ0v) is 8.69. The van der Waals surface area contributed by atoms with Crippen LogP contribution in [0.25, 0.3) is 0 Å². The molecule has 0 saturated carbocycles. The molecule has 1 atom stereocenters. The van der Waals surface area contributed by atoms with Crippen molar-refractivity contribution in [2.45, 2.75) is 39.2 Å². The predicted molar refractivity (Wildman–Crippen MR) is 58.7 cm³/mol. The van der Waals surface area contributed by atoms with Crippen LogP contribution in [0.1, 0.15) is 33.1 Å². The first kappa shape index (κ1) is 9.87. The van der Waals surface area contributed by atoms with E-state index in [1.807, 2.05) is 12.3 Å². The minimum Gasteiger partial charge on any atom is -0.480 e. The maximum atomic E-state index is 5.76. The van der Waals surface area contributed by atoms with Crippen molar-refractivity contribution in [3.63, 3.8) is 0 Å². The first-order valence-corrected chi connectivity index (χ1v) is 5.84. The van der Waals surface area contributed by atoms with E-state index in [2.05, 4.69) is 18.9 Å². The van der Waals surface area contributed by atoms with E-state index in [0.717, 1.165) is 12.8 Å². The zero-order valence-electron chi connectivity index (χ0n) is 7.88. The fraction of sp³-hybridized carbons (Fsp3) is 0.600. The van der Waals surface area contributed by atoms with Crippen molar-refractivity contribution in [1.29, 1.82) is 0 Å². The lowest BCUT2D eigenvalue weighted by molar-refractivity contribution is 0.280. The summed E-state index contributed by atoms with van der Waals surface area (Å²) in [6, 6.07) is 0. The second kappa shape index (κ2) is 4.73. The number of allylic oxidation sites excluding steroid dienone is 1. The Hall–Kier alpha value is -0.210. The summed E-state index contributed by atoms with van der Waals surface area (Å²) >= 11 is 0. The molecular weight excluding hydrogens is 168 g/mol. The molecule has 1 rings (SSSR count). The summed E-state index contributed by atoms with van der Waals surface area (Å²) in [5.74, 6) is 3.91. The normalized spacial score (nSPS) is 25.8. The summed E-state index contributed by atoms with van der Waals surface area (Å²) in [7, 11) is -0.205. The molecule has 0 aromatic carbocycles. The van der Waals surface area contributed by atoms with Gasteiger partial charge in [0.2, 0.25) is 0 Å². The van der Waals surface area contributed by atoms with Crippen molar-refractivity contribution in [1.82, 2.24) is 0 Å². The van der Waals surface area contributed by atoms with Gasteiger partial charge in [0, 0.05) is 0 Å². The molecule has 0 heterocycles. The van der Waals surface area contributed by atoms with Crippen molar-refractivity contribution < 1.29 is 4.18 Å². The van der Waals surface area contributed by atoms with Crippen molar-refractivity contribution in [2.75, 3.05) is 0 Å². The Morgan fingerprint density at radius 1 is 1.83 bits per heavy atom. The monoisotopic (exact) mass is 185 g/mol. The van der Waals surface area contributed by atoms with Gasteiger partial charge in [0.1, 0.15) is 0 Å². The lowest BCUT2D eigenvalue weighted by Crippen LogP contribution is -2.10. The van der Waals surface area contributed by atoms with Gasteiger partial charge < -0.3 is 14.5 Å². The van der Waals surface area contributed by atoms with Gasteiger partial charge in [0.05, 0.1) is 6.10 Å². The van der Waals surface area contributed by atoms with Crippen LogP contribution in [0, 0.1) is 0 Å². The van der Waals surface area contributed by atoms with E-state index in [1.54, 1.807) is 0 Å². The standard InChI is InChI=1S/C10H17OS/c1-4-9-7-6-8-10(9)11-12(3)5-2/h5,7,10H,3-4,6,8H2,1-2H3/q-1. The number of rotatable bonds is 3. The molecule has 2 heteroatoms. The Balaban J connectivity index is 2.54. The number of hydrogen-bond acceptors (Lipinski definition) is 2. The minimum atomic E-state index is -0.205. The Morgan fingerprint density at radius 3 is 3.17 bits per heavy atom. The Labute approximate surface area is 77.1 Å². The third-order valence-electron chi connectivity index (χ3n) is 2.16. The SMILES string of the molecule is C=[S-](=CC)OC1CCC=C1CC. The molecule has 0 N–H and O–H groups in total. The summed E-state index contributed by atoms with van der Waals surface area (Å²) in [6.07, 6.45) is 6.10. The van der Waals surface area contributed by atoms with Gasteiger partial charge in [-0.3, -0.25) is 0 Å². The molecule has 0 aromatic heterocycles. The van der Waals surface area contributed by atoms with E-state index in [1.165, 1.54) is 12.0 Å². The van der Waals surface area contributed by atoms with Crippen molar-refractivity contribution >= 4 is 21.6 Å². The summed E-state index contributed by atoms with van der Waals surface area (Å²) in [5, 5.41) is 2.02. The second-order valence-corrected chi connectivity index (χ2v) is 4.34. The highest BCUT2D eigenvalue weighted by Gasteiger charge is 2.14. The minimum absolute atomic E-state index is 0.205. The van der Waals surface area contributed by atoms with Crippen LogP contribution in [-0.4, -0.2) is 17.3 Å². The van der Waals surface area contributed by atoms with E-state index >= 15 is 0 Å². The highest BCUT2D eigenvalue weighted by atomic mass is 32.2. The van der Waals surface area contributed by atoms with Crippen molar-refractivity contribution in [2.24, 2.45) is 0 Å². The van der Waals surface area contributed by atoms with Crippen LogP contribution in [-0.2, 0) is 14.5 Å². The van der Waals surface area contributed by atoms with Crippen LogP contribution in [0.5, 0.6) is 0 Å². The quantitative estimate of drug-likeness (QED) is 0.372. The predicted octanol–water partition coefficient (Wildman–Crippen LogP) is 2.29. The summed E-state index contributed by atoms with van der Waals surface area (Å²) in [4.78, 5) is 0. The topological polar surface area (TPSA) is 9.23 Å². The largest absolute Gasteiger partial charge is 0.480 e. The molecule has 0 bridgehead atoms. The first-order chi connectivity index (χ1) is 5.77. The van der Waals surface area contributed by atoms with E-state index in [0.29, 0.717) is 6.10 Å². The lowest BCUT2D eigenvalue weighted by Gasteiger charge is -2.22. The molecule has 70 valence electrons. The number of hydrogen-bond donors (Lipinski definition) is 0. The van der Waals surface area contributed by atoms with Crippen LogP contribution >= 0.6 is 0 Å². The second-order valence-electron chi connectivity index (χ2n) is 2.91. The average molecular weight is 185 g/mol. The molecule has 0 fully saturated rings. The fourth-order valence-electron chi connectivity index (χ4n) is 1.42.